The molecule has 0 spiro atoms. The minimum absolute atomic E-state index is 0.00145. The number of rotatable bonds is 4. The number of halogens is 1. The van der Waals surface area contributed by atoms with E-state index in [4.69, 9.17) is 5.73 Å². The van der Waals surface area contributed by atoms with E-state index in [1.165, 1.54) is 12.1 Å². The summed E-state index contributed by atoms with van der Waals surface area (Å²) in [5, 5.41) is 0. The Labute approximate surface area is 100 Å². The zero-order valence-corrected chi connectivity index (χ0v) is 9.81. The summed E-state index contributed by atoms with van der Waals surface area (Å²) in [6.45, 7) is 0. The van der Waals surface area contributed by atoms with Crippen molar-refractivity contribution in [2.24, 2.45) is 12.8 Å². The van der Waals surface area contributed by atoms with Crippen molar-refractivity contribution < 1.29 is 4.39 Å². The van der Waals surface area contributed by atoms with Gasteiger partial charge >= 0.3 is 0 Å². The number of hydrogen-bond donors (Lipinski definition) is 1. The number of hydrogen-bond acceptors (Lipinski definition) is 2. The fraction of sp³-hybridized carbons (Fsp3) is 0.308. The number of benzene rings is 1. The summed E-state index contributed by atoms with van der Waals surface area (Å²) in [6.07, 6.45) is 5.12. The van der Waals surface area contributed by atoms with Crippen LogP contribution >= 0.6 is 0 Å². The number of nitrogens with zero attached hydrogens (tertiary/aromatic N) is 2. The molecule has 0 aliphatic rings. The smallest absolute Gasteiger partial charge is 0.123 e. The molecule has 0 bridgehead atoms. The molecule has 4 heteroatoms. The molecular formula is C13H16FN3. The van der Waals surface area contributed by atoms with Gasteiger partial charge in [-0.05, 0) is 24.1 Å². The maximum absolute atomic E-state index is 12.7. The molecule has 2 N–H and O–H groups in total. The molecule has 0 saturated heterocycles. The van der Waals surface area contributed by atoms with E-state index >= 15 is 0 Å². The first-order valence-corrected chi connectivity index (χ1v) is 5.61. The number of aromatic nitrogens is 2. The lowest BCUT2D eigenvalue weighted by Gasteiger charge is -2.11. The molecule has 90 valence electrons. The lowest BCUT2D eigenvalue weighted by molar-refractivity contribution is 0.613. The van der Waals surface area contributed by atoms with Crippen molar-refractivity contribution >= 4 is 0 Å². The van der Waals surface area contributed by atoms with Crippen molar-refractivity contribution in [3.63, 3.8) is 0 Å². The predicted molar refractivity (Wildman–Crippen MR) is 65.0 cm³/mol. The Kier molecular flexibility index (Phi) is 3.54. The molecule has 2 aromatic rings. The van der Waals surface area contributed by atoms with Crippen LogP contribution in [0.25, 0.3) is 0 Å². The largest absolute Gasteiger partial charge is 0.338 e. The van der Waals surface area contributed by atoms with E-state index in [-0.39, 0.29) is 11.9 Å². The van der Waals surface area contributed by atoms with E-state index in [2.05, 4.69) is 4.98 Å². The summed E-state index contributed by atoms with van der Waals surface area (Å²) < 4.78 is 14.7. The van der Waals surface area contributed by atoms with Crippen LogP contribution in [0.1, 0.15) is 11.4 Å². The second kappa shape index (κ2) is 5.10. The van der Waals surface area contributed by atoms with Crippen LogP contribution in [0.5, 0.6) is 0 Å². The second-order valence-corrected chi connectivity index (χ2v) is 4.25. The highest BCUT2D eigenvalue weighted by atomic mass is 19.1. The third-order valence-electron chi connectivity index (χ3n) is 2.78. The predicted octanol–water partition coefficient (Wildman–Crippen LogP) is 1.67. The maximum Gasteiger partial charge on any atom is 0.123 e. The van der Waals surface area contributed by atoms with Gasteiger partial charge in [0.05, 0.1) is 0 Å². The molecule has 0 saturated carbocycles. The molecule has 0 aliphatic carbocycles. The Bertz CT molecular complexity index is 476. The van der Waals surface area contributed by atoms with Crippen molar-refractivity contribution in [3.05, 3.63) is 53.9 Å². The minimum atomic E-state index is -0.216. The third-order valence-corrected chi connectivity index (χ3v) is 2.78. The van der Waals surface area contributed by atoms with E-state index in [1.807, 2.05) is 17.8 Å². The Morgan fingerprint density at radius 3 is 2.59 bits per heavy atom. The number of aryl methyl sites for hydroxylation is 1. The summed E-state index contributed by atoms with van der Waals surface area (Å²) in [5.74, 6) is 0.756. The van der Waals surface area contributed by atoms with Crippen LogP contribution in [0.15, 0.2) is 36.7 Å². The summed E-state index contributed by atoms with van der Waals surface area (Å²) in [6, 6.07) is 6.47. The van der Waals surface area contributed by atoms with E-state index in [1.54, 1.807) is 18.3 Å². The van der Waals surface area contributed by atoms with Crippen LogP contribution in [0.2, 0.25) is 0 Å². The van der Waals surface area contributed by atoms with Gasteiger partial charge in [0, 0.05) is 31.9 Å². The fourth-order valence-corrected chi connectivity index (χ4v) is 1.82. The van der Waals surface area contributed by atoms with Gasteiger partial charge in [0.1, 0.15) is 11.6 Å². The average Bonchev–Trinajstić information content (AvgIpc) is 2.68. The molecule has 0 aliphatic heterocycles. The zero-order valence-electron chi connectivity index (χ0n) is 9.81. The normalized spacial score (nSPS) is 12.6. The molecule has 1 aromatic heterocycles. The average molecular weight is 233 g/mol. The first-order chi connectivity index (χ1) is 8.15. The van der Waals surface area contributed by atoms with Crippen molar-refractivity contribution in [2.45, 2.75) is 18.9 Å². The molecule has 1 atom stereocenters. The topological polar surface area (TPSA) is 43.8 Å². The lowest BCUT2D eigenvalue weighted by Crippen LogP contribution is -2.26. The molecule has 0 fully saturated rings. The van der Waals surface area contributed by atoms with E-state index in [0.717, 1.165) is 24.2 Å². The fourth-order valence-electron chi connectivity index (χ4n) is 1.82. The Hall–Kier alpha value is -1.68. The van der Waals surface area contributed by atoms with Crippen molar-refractivity contribution in [1.29, 1.82) is 0 Å². The van der Waals surface area contributed by atoms with Crippen LogP contribution in [0.4, 0.5) is 4.39 Å². The van der Waals surface area contributed by atoms with E-state index < -0.39 is 0 Å². The highest BCUT2D eigenvalue weighted by Gasteiger charge is 2.08. The van der Waals surface area contributed by atoms with E-state index in [0.29, 0.717) is 0 Å². The Morgan fingerprint density at radius 2 is 2.00 bits per heavy atom. The van der Waals surface area contributed by atoms with Gasteiger partial charge in [-0.3, -0.25) is 0 Å². The van der Waals surface area contributed by atoms with E-state index in [9.17, 15) is 4.39 Å². The number of imidazole rings is 1. The van der Waals surface area contributed by atoms with Gasteiger partial charge < -0.3 is 10.3 Å². The SMILES string of the molecule is Cn1ccnc1CC(N)Cc1ccc(F)cc1. The Balaban J connectivity index is 1.95. The number of nitrogens with two attached hydrogens (primary N) is 1. The van der Waals surface area contributed by atoms with Gasteiger partial charge in [-0.1, -0.05) is 12.1 Å². The molecule has 0 radical (unpaired) electrons. The molecule has 3 nitrogen and oxygen atoms in total. The standard InChI is InChI=1S/C13H16FN3/c1-17-7-6-16-13(17)9-12(15)8-10-2-4-11(14)5-3-10/h2-7,12H,8-9,15H2,1H3. The third kappa shape index (κ3) is 3.14. The second-order valence-electron chi connectivity index (χ2n) is 4.25. The maximum atomic E-state index is 12.7. The first-order valence-electron chi connectivity index (χ1n) is 5.61. The lowest BCUT2D eigenvalue weighted by atomic mass is 10.0. The molecule has 0 amide bonds. The minimum Gasteiger partial charge on any atom is -0.338 e. The van der Waals surface area contributed by atoms with Crippen molar-refractivity contribution in [2.75, 3.05) is 0 Å². The highest BCUT2D eigenvalue weighted by Crippen LogP contribution is 2.07. The molecular weight excluding hydrogens is 217 g/mol. The van der Waals surface area contributed by atoms with Gasteiger partial charge in [-0.25, -0.2) is 9.37 Å². The van der Waals surface area contributed by atoms with Crippen LogP contribution in [0.3, 0.4) is 0 Å². The van der Waals surface area contributed by atoms with Crippen LogP contribution in [-0.4, -0.2) is 15.6 Å². The summed E-state index contributed by atoms with van der Waals surface area (Å²) in [5.41, 5.74) is 7.11. The van der Waals surface area contributed by atoms with Gasteiger partial charge in [0.2, 0.25) is 0 Å². The monoisotopic (exact) mass is 233 g/mol. The van der Waals surface area contributed by atoms with Gasteiger partial charge in [0.15, 0.2) is 0 Å². The Morgan fingerprint density at radius 1 is 1.29 bits per heavy atom. The summed E-state index contributed by atoms with van der Waals surface area (Å²) in [4.78, 5) is 4.23. The van der Waals surface area contributed by atoms with Gasteiger partial charge in [0.25, 0.3) is 0 Å². The summed E-state index contributed by atoms with van der Waals surface area (Å²) >= 11 is 0. The molecule has 1 heterocycles. The van der Waals surface area contributed by atoms with Crippen LogP contribution in [-0.2, 0) is 19.9 Å². The van der Waals surface area contributed by atoms with Crippen LogP contribution < -0.4 is 5.73 Å². The highest BCUT2D eigenvalue weighted by molar-refractivity contribution is 5.17. The quantitative estimate of drug-likeness (QED) is 0.873. The molecule has 17 heavy (non-hydrogen) atoms. The molecule has 1 unspecified atom stereocenters. The first kappa shape index (κ1) is 11.8. The van der Waals surface area contributed by atoms with Gasteiger partial charge in [-0.2, -0.15) is 0 Å². The molecule has 2 rings (SSSR count). The van der Waals surface area contributed by atoms with Gasteiger partial charge in [-0.15, -0.1) is 0 Å². The van der Waals surface area contributed by atoms with Crippen molar-refractivity contribution in [3.8, 4) is 0 Å². The summed E-state index contributed by atoms with van der Waals surface area (Å²) in [7, 11) is 1.95. The zero-order chi connectivity index (χ0) is 12.3. The molecule has 1 aromatic carbocycles. The van der Waals surface area contributed by atoms with Crippen molar-refractivity contribution in [1.82, 2.24) is 9.55 Å². The van der Waals surface area contributed by atoms with Crippen LogP contribution in [0, 0.1) is 5.82 Å².